The van der Waals surface area contributed by atoms with Crippen LogP contribution in [0.25, 0.3) is 16.9 Å². The van der Waals surface area contributed by atoms with E-state index >= 15 is 0 Å². The number of ether oxygens (including phenoxy) is 1. The van der Waals surface area contributed by atoms with Crippen LogP contribution in [0.15, 0.2) is 42.6 Å². The van der Waals surface area contributed by atoms with Crippen molar-refractivity contribution in [2.24, 2.45) is 0 Å². The number of halogens is 1. The lowest BCUT2D eigenvalue weighted by molar-refractivity contribution is 0.120. The van der Waals surface area contributed by atoms with Crippen molar-refractivity contribution in [3.63, 3.8) is 0 Å². The molecular weight excluding hydrogens is 326 g/mol. The number of nitrogens with zero attached hydrogens (tertiary/aromatic N) is 2. The van der Waals surface area contributed by atoms with Crippen LogP contribution in [-0.2, 0) is 4.74 Å². The number of imidazole rings is 1. The highest BCUT2D eigenvalue weighted by molar-refractivity contribution is 6.30. The Bertz CT molecular complexity index is 872. The van der Waals surface area contributed by atoms with Crippen molar-refractivity contribution in [3.05, 3.63) is 47.6 Å². The van der Waals surface area contributed by atoms with Crippen LogP contribution in [-0.4, -0.2) is 33.7 Å². The molecule has 1 unspecified atom stereocenters. The second-order valence-electron chi connectivity index (χ2n) is 5.92. The minimum absolute atomic E-state index is 0.201. The van der Waals surface area contributed by atoms with Gasteiger partial charge in [0.25, 0.3) is 0 Å². The second kappa shape index (κ2) is 6.34. The number of para-hydroxylation sites is 1. The second-order valence-corrected chi connectivity index (χ2v) is 6.35. The van der Waals surface area contributed by atoms with E-state index in [1.807, 2.05) is 34.9 Å². The highest BCUT2D eigenvalue weighted by atomic mass is 35.5. The largest absolute Gasteiger partial charge is 0.507 e. The Kier molecular flexibility index (Phi) is 4.04. The Morgan fingerprint density at radius 2 is 2.17 bits per heavy atom. The van der Waals surface area contributed by atoms with Crippen molar-refractivity contribution >= 4 is 23.1 Å². The molecule has 0 bridgehead atoms. The molecule has 1 atom stereocenters. The average Bonchev–Trinajstić information content (AvgIpc) is 3.21. The number of rotatable bonds is 4. The molecule has 0 aliphatic carbocycles. The standard InChI is InChI=1S/C18H18ClN3O2/c19-12-7-8-16-21-17(14-5-1-2-6-15(14)23)18(22(16)11-12)20-10-13-4-3-9-24-13/h1-2,5-8,11,13,20,23H,3-4,9-10H2. The van der Waals surface area contributed by atoms with Crippen LogP contribution in [0.3, 0.4) is 0 Å². The van der Waals surface area contributed by atoms with Gasteiger partial charge in [-0.3, -0.25) is 4.40 Å². The number of aromatic nitrogens is 2. The van der Waals surface area contributed by atoms with Crippen LogP contribution in [0.5, 0.6) is 5.75 Å². The summed E-state index contributed by atoms with van der Waals surface area (Å²) in [5.74, 6) is 1.01. The third-order valence-corrected chi connectivity index (χ3v) is 4.49. The Balaban J connectivity index is 1.79. The molecule has 0 saturated carbocycles. The average molecular weight is 344 g/mol. The van der Waals surface area contributed by atoms with E-state index in [2.05, 4.69) is 10.3 Å². The molecule has 5 nitrogen and oxygen atoms in total. The fourth-order valence-electron chi connectivity index (χ4n) is 3.07. The first-order valence-electron chi connectivity index (χ1n) is 8.04. The van der Waals surface area contributed by atoms with Crippen LogP contribution in [0.1, 0.15) is 12.8 Å². The molecule has 0 amide bonds. The van der Waals surface area contributed by atoms with Crippen LogP contribution >= 0.6 is 11.6 Å². The minimum Gasteiger partial charge on any atom is -0.507 e. The zero-order valence-corrected chi connectivity index (χ0v) is 13.8. The van der Waals surface area contributed by atoms with E-state index in [1.54, 1.807) is 12.1 Å². The molecule has 1 saturated heterocycles. The summed E-state index contributed by atoms with van der Waals surface area (Å²) in [6.07, 6.45) is 4.17. The van der Waals surface area contributed by atoms with Gasteiger partial charge in [-0.05, 0) is 37.1 Å². The van der Waals surface area contributed by atoms with E-state index in [-0.39, 0.29) is 11.9 Å². The van der Waals surface area contributed by atoms with Gasteiger partial charge in [-0.2, -0.15) is 0 Å². The molecule has 0 radical (unpaired) electrons. The van der Waals surface area contributed by atoms with Gasteiger partial charge < -0.3 is 15.2 Å². The summed E-state index contributed by atoms with van der Waals surface area (Å²) in [7, 11) is 0. The number of phenols is 1. The van der Waals surface area contributed by atoms with Crippen LogP contribution in [0.2, 0.25) is 5.02 Å². The number of phenolic OH excluding ortho intramolecular Hbond substituents is 1. The number of hydrogen-bond acceptors (Lipinski definition) is 4. The molecule has 24 heavy (non-hydrogen) atoms. The molecule has 3 aromatic rings. The smallest absolute Gasteiger partial charge is 0.139 e. The van der Waals surface area contributed by atoms with Crippen molar-refractivity contribution in [2.45, 2.75) is 18.9 Å². The molecule has 2 aromatic heterocycles. The maximum atomic E-state index is 10.2. The number of hydrogen-bond donors (Lipinski definition) is 2. The van der Waals surface area contributed by atoms with E-state index in [9.17, 15) is 5.11 Å². The molecule has 1 aliphatic rings. The van der Waals surface area contributed by atoms with E-state index in [0.29, 0.717) is 22.8 Å². The van der Waals surface area contributed by atoms with Gasteiger partial charge in [-0.1, -0.05) is 23.7 Å². The third-order valence-electron chi connectivity index (χ3n) is 4.26. The molecule has 3 heterocycles. The fourth-order valence-corrected chi connectivity index (χ4v) is 3.23. The molecular formula is C18H18ClN3O2. The van der Waals surface area contributed by atoms with Gasteiger partial charge in [0.05, 0.1) is 11.1 Å². The Morgan fingerprint density at radius 3 is 2.96 bits per heavy atom. The maximum Gasteiger partial charge on any atom is 0.139 e. The summed E-state index contributed by atoms with van der Waals surface area (Å²) >= 11 is 6.15. The van der Waals surface area contributed by atoms with Crippen molar-refractivity contribution in [1.82, 2.24) is 9.38 Å². The summed E-state index contributed by atoms with van der Waals surface area (Å²) in [5, 5.41) is 14.3. The first-order chi connectivity index (χ1) is 11.7. The van der Waals surface area contributed by atoms with Gasteiger partial charge in [0.2, 0.25) is 0 Å². The lowest BCUT2D eigenvalue weighted by atomic mass is 10.1. The van der Waals surface area contributed by atoms with Crippen molar-refractivity contribution in [1.29, 1.82) is 0 Å². The zero-order chi connectivity index (χ0) is 16.5. The number of benzene rings is 1. The highest BCUT2D eigenvalue weighted by Gasteiger charge is 2.20. The number of anilines is 1. The molecule has 1 fully saturated rings. The molecule has 4 rings (SSSR count). The number of pyridine rings is 1. The lowest BCUT2D eigenvalue weighted by Gasteiger charge is -2.13. The van der Waals surface area contributed by atoms with Gasteiger partial charge in [0, 0.05) is 24.9 Å². The molecule has 1 aliphatic heterocycles. The van der Waals surface area contributed by atoms with Gasteiger partial charge in [0.1, 0.15) is 22.9 Å². The summed E-state index contributed by atoms with van der Waals surface area (Å²) in [4.78, 5) is 4.67. The highest BCUT2D eigenvalue weighted by Crippen LogP contribution is 2.35. The van der Waals surface area contributed by atoms with Gasteiger partial charge in [-0.15, -0.1) is 0 Å². The van der Waals surface area contributed by atoms with Crippen LogP contribution in [0.4, 0.5) is 5.82 Å². The first-order valence-corrected chi connectivity index (χ1v) is 8.41. The Hall–Kier alpha value is -2.24. The van der Waals surface area contributed by atoms with Gasteiger partial charge in [0.15, 0.2) is 0 Å². The number of nitrogens with one attached hydrogen (secondary N) is 1. The monoisotopic (exact) mass is 343 g/mol. The molecule has 6 heteroatoms. The summed E-state index contributed by atoms with van der Waals surface area (Å²) in [6.45, 7) is 1.51. The molecule has 1 aromatic carbocycles. The minimum atomic E-state index is 0.201. The van der Waals surface area contributed by atoms with Gasteiger partial charge >= 0.3 is 0 Å². The van der Waals surface area contributed by atoms with Crippen molar-refractivity contribution in [3.8, 4) is 17.0 Å². The predicted molar refractivity (Wildman–Crippen MR) is 94.8 cm³/mol. The van der Waals surface area contributed by atoms with E-state index < -0.39 is 0 Å². The predicted octanol–water partition coefficient (Wildman–Crippen LogP) is 3.95. The molecule has 0 spiro atoms. The fraction of sp³-hybridized carbons (Fsp3) is 0.278. The van der Waals surface area contributed by atoms with Crippen LogP contribution in [0, 0.1) is 0 Å². The Labute approximate surface area is 144 Å². The van der Waals surface area contributed by atoms with Crippen molar-refractivity contribution < 1.29 is 9.84 Å². The van der Waals surface area contributed by atoms with E-state index in [4.69, 9.17) is 16.3 Å². The lowest BCUT2D eigenvalue weighted by Crippen LogP contribution is -2.19. The quantitative estimate of drug-likeness (QED) is 0.753. The summed E-state index contributed by atoms with van der Waals surface area (Å²) in [6, 6.07) is 10.9. The first kappa shape index (κ1) is 15.3. The van der Waals surface area contributed by atoms with Crippen LogP contribution < -0.4 is 5.32 Å². The maximum absolute atomic E-state index is 10.2. The third kappa shape index (κ3) is 2.81. The van der Waals surface area contributed by atoms with Crippen molar-refractivity contribution in [2.75, 3.05) is 18.5 Å². The number of aromatic hydroxyl groups is 1. The van der Waals surface area contributed by atoms with Gasteiger partial charge in [-0.25, -0.2) is 4.98 Å². The Morgan fingerprint density at radius 1 is 1.29 bits per heavy atom. The number of fused-ring (bicyclic) bond motifs is 1. The topological polar surface area (TPSA) is 58.8 Å². The van der Waals surface area contributed by atoms with E-state index in [1.165, 1.54) is 0 Å². The summed E-state index contributed by atoms with van der Waals surface area (Å²) in [5.41, 5.74) is 2.16. The molecule has 2 N–H and O–H groups in total. The zero-order valence-electron chi connectivity index (χ0n) is 13.1. The molecule has 124 valence electrons. The summed E-state index contributed by atoms with van der Waals surface area (Å²) < 4.78 is 7.60. The SMILES string of the molecule is Oc1ccccc1-c1nc2ccc(Cl)cn2c1NCC1CCCO1. The normalized spacial score (nSPS) is 17.5. The van der Waals surface area contributed by atoms with E-state index in [0.717, 1.165) is 30.9 Å².